The van der Waals surface area contributed by atoms with Gasteiger partial charge in [0.05, 0.1) is 0 Å². The lowest BCUT2D eigenvalue weighted by molar-refractivity contribution is 0.436. The zero-order valence-electron chi connectivity index (χ0n) is 10.6. The molecule has 0 spiro atoms. The Morgan fingerprint density at radius 3 is 2.50 bits per heavy atom. The molecular weight excluding hydrogens is 248 g/mol. The van der Waals surface area contributed by atoms with Crippen molar-refractivity contribution in [2.45, 2.75) is 32.6 Å². The van der Waals surface area contributed by atoms with Gasteiger partial charge in [0.2, 0.25) is 0 Å². The summed E-state index contributed by atoms with van der Waals surface area (Å²) in [4.78, 5) is 0. The van der Waals surface area contributed by atoms with Crippen LogP contribution in [0.15, 0.2) is 28.8 Å². The van der Waals surface area contributed by atoms with Gasteiger partial charge in [0.1, 0.15) is 0 Å². The van der Waals surface area contributed by atoms with Crippen LogP contribution in [0.1, 0.15) is 38.2 Å². The van der Waals surface area contributed by atoms with Gasteiger partial charge in [-0.05, 0) is 30.4 Å². The second-order valence-corrected chi connectivity index (χ2v) is 4.77. The van der Waals surface area contributed by atoms with Crippen molar-refractivity contribution >= 4 is 17.4 Å². The van der Waals surface area contributed by atoms with Crippen molar-refractivity contribution in [2.24, 2.45) is 0 Å². The first kappa shape index (κ1) is 13.0. The van der Waals surface area contributed by atoms with Gasteiger partial charge in [0.15, 0.2) is 11.6 Å². The van der Waals surface area contributed by atoms with Gasteiger partial charge in [-0.2, -0.15) is 0 Å². The lowest BCUT2D eigenvalue weighted by atomic mass is 9.93. The van der Waals surface area contributed by atoms with E-state index in [1.165, 1.54) is 5.56 Å². The highest BCUT2D eigenvalue weighted by Gasteiger charge is 2.13. The van der Waals surface area contributed by atoms with Crippen LogP contribution < -0.4 is 5.73 Å². The van der Waals surface area contributed by atoms with Crippen LogP contribution in [0.3, 0.4) is 0 Å². The summed E-state index contributed by atoms with van der Waals surface area (Å²) >= 11 is 6.35. The molecule has 96 valence electrons. The molecule has 0 aliphatic carbocycles. The van der Waals surface area contributed by atoms with Gasteiger partial charge >= 0.3 is 0 Å². The molecular formula is C14H17ClN2O. The molecule has 0 bridgehead atoms. The van der Waals surface area contributed by atoms with Crippen molar-refractivity contribution in [1.82, 2.24) is 5.16 Å². The highest BCUT2D eigenvalue weighted by molar-refractivity contribution is 6.31. The molecule has 3 nitrogen and oxygen atoms in total. The molecule has 0 unspecified atom stereocenters. The second-order valence-electron chi connectivity index (χ2n) is 4.37. The lowest BCUT2D eigenvalue weighted by Crippen LogP contribution is -1.96. The van der Waals surface area contributed by atoms with Gasteiger partial charge in [-0.1, -0.05) is 42.7 Å². The van der Waals surface area contributed by atoms with Crippen molar-refractivity contribution in [3.8, 4) is 11.3 Å². The van der Waals surface area contributed by atoms with Crippen LogP contribution in [-0.4, -0.2) is 5.16 Å². The zero-order valence-corrected chi connectivity index (χ0v) is 11.4. The first-order valence-electron chi connectivity index (χ1n) is 6.17. The van der Waals surface area contributed by atoms with E-state index in [-0.39, 0.29) is 0 Å². The van der Waals surface area contributed by atoms with Gasteiger partial charge in [-0.15, -0.1) is 0 Å². The minimum absolute atomic E-state index is 0.380. The van der Waals surface area contributed by atoms with E-state index in [0.717, 1.165) is 23.4 Å². The van der Waals surface area contributed by atoms with Gasteiger partial charge in [0.25, 0.3) is 0 Å². The number of nitrogens with two attached hydrogens (primary N) is 1. The van der Waals surface area contributed by atoms with E-state index >= 15 is 0 Å². The summed E-state index contributed by atoms with van der Waals surface area (Å²) < 4.78 is 5.12. The molecule has 0 saturated carbocycles. The molecule has 4 heteroatoms. The Bertz CT molecular complexity index is 532. The Kier molecular flexibility index (Phi) is 3.92. The zero-order chi connectivity index (χ0) is 13.1. The Labute approximate surface area is 112 Å². The van der Waals surface area contributed by atoms with Crippen LogP contribution in [0, 0.1) is 0 Å². The highest BCUT2D eigenvalue weighted by atomic mass is 35.5. The molecule has 0 saturated heterocycles. The van der Waals surface area contributed by atoms with Gasteiger partial charge in [-0.25, -0.2) is 0 Å². The molecule has 0 atom stereocenters. The fourth-order valence-corrected chi connectivity index (χ4v) is 2.50. The van der Waals surface area contributed by atoms with Crippen LogP contribution in [-0.2, 0) is 0 Å². The first-order valence-corrected chi connectivity index (χ1v) is 6.55. The molecule has 0 fully saturated rings. The second kappa shape index (κ2) is 5.44. The molecule has 0 aliphatic heterocycles. The summed E-state index contributed by atoms with van der Waals surface area (Å²) in [6.07, 6.45) is 2.18. The first-order chi connectivity index (χ1) is 8.65. The van der Waals surface area contributed by atoms with Crippen LogP contribution in [0.4, 0.5) is 5.82 Å². The number of aromatic nitrogens is 1. The van der Waals surface area contributed by atoms with E-state index in [4.69, 9.17) is 21.9 Å². The van der Waals surface area contributed by atoms with Gasteiger partial charge < -0.3 is 10.3 Å². The maximum absolute atomic E-state index is 6.35. The third-order valence-corrected chi connectivity index (χ3v) is 3.57. The van der Waals surface area contributed by atoms with Crippen molar-refractivity contribution in [3.63, 3.8) is 0 Å². The number of benzene rings is 1. The van der Waals surface area contributed by atoms with Crippen LogP contribution >= 0.6 is 11.6 Å². The number of nitrogens with zero attached hydrogens (tertiary/aromatic N) is 1. The predicted octanol–water partition coefficient (Wildman–Crippen LogP) is 4.48. The van der Waals surface area contributed by atoms with E-state index in [1.807, 2.05) is 12.1 Å². The normalized spacial score (nSPS) is 11.1. The van der Waals surface area contributed by atoms with Crippen molar-refractivity contribution in [2.75, 3.05) is 5.73 Å². The fraction of sp³-hybridized carbons (Fsp3) is 0.357. The third kappa shape index (κ3) is 2.51. The standard InChI is InChI=1S/C14H17ClN2O/c1-3-9(4-2)11-6-5-10(7-12(11)15)13-8-14(16)17-18-13/h5-9H,3-4H2,1-2H3,(H2,16,17). The minimum Gasteiger partial charge on any atom is -0.381 e. The summed E-state index contributed by atoms with van der Waals surface area (Å²) in [7, 11) is 0. The van der Waals surface area contributed by atoms with Crippen LogP contribution in [0.2, 0.25) is 5.02 Å². The van der Waals surface area contributed by atoms with Crippen molar-refractivity contribution < 1.29 is 4.52 Å². The summed E-state index contributed by atoms with van der Waals surface area (Å²) in [5.74, 6) is 1.53. The van der Waals surface area contributed by atoms with E-state index < -0.39 is 0 Å². The monoisotopic (exact) mass is 264 g/mol. The van der Waals surface area contributed by atoms with Crippen LogP contribution in [0.5, 0.6) is 0 Å². The van der Waals surface area contributed by atoms with Crippen molar-refractivity contribution in [3.05, 3.63) is 34.9 Å². The molecule has 2 rings (SSSR count). The van der Waals surface area contributed by atoms with E-state index in [1.54, 1.807) is 6.07 Å². The fourth-order valence-electron chi connectivity index (χ4n) is 2.16. The molecule has 2 aromatic rings. The summed E-state index contributed by atoms with van der Waals surface area (Å²) in [6, 6.07) is 7.67. The lowest BCUT2D eigenvalue weighted by Gasteiger charge is -2.14. The van der Waals surface area contributed by atoms with Crippen molar-refractivity contribution in [1.29, 1.82) is 0 Å². The van der Waals surface area contributed by atoms with Crippen LogP contribution in [0.25, 0.3) is 11.3 Å². The average Bonchev–Trinajstić information content (AvgIpc) is 2.79. The Morgan fingerprint density at radius 1 is 1.28 bits per heavy atom. The largest absolute Gasteiger partial charge is 0.381 e. The molecule has 1 aromatic carbocycles. The highest BCUT2D eigenvalue weighted by Crippen LogP contribution is 2.33. The maximum atomic E-state index is 6.35. The Morgan fingerprint density at radius 2 is 2.00 bits per heavy atom. The number of anilines is 1. The smallest absolute Gasteiger partial charge is 0.169 e. The quantitative estimate of drug-likeness (QED) is 0.886. The molecule has 0 aliphatic rings. The summed E-state index contributed by atoms with van der Waals surface area (Å²) in [5.41, 5.74) is 7.63. The van der Waals surface area contributed by atoms with Gasteiger partial charge in [-0.3, -0.25) is 0 Å². The SMILES string of the molecule is CCC(CC)c1ccc(-c2cc(N)no2)cc1Cl. The topological polar surface area (TPSA) is 52.0 Å². The Hall–Kier alpha value is -1.48. The molecule has 0 radical (unpaired) electrons. The number of halogens is 1. The number of hydrogen-bond donors (Lipinski definition) is 1. The summed E-state index contributed by atoms with van der Waals surface area (Å²) in [5, 5.41) is 4.45. The number of nitrogen functional groups attached to an aromatic ring is 1. The number of rotatable bonds is 4. The molecule has 1 aromatic heterocycles. The molecule has 1 heterocycles. The van der Waals surface area contributed by atoms with Gasteiger partial charge in [0, 0.05) is 16.7 Å². The number of hydrogen-bond acceptors (Lipinski definition) is 3. The average molecular weight is 265 g/mol. The Balaban J connectivity index is 2.35. The minimum atomic E-state index is 0.380. The van der Waals surface area contributed by atoms with E-state index in [2.05, 4.69) is 25.1 Å². The molecule has 0 amide bonds. The van der Waals surface area contributed by atoms with E-state index in [9.17, 15) is 0 Å². The predicted molar refractivity (Wildman–Crippen MR) is 74.7 cm³/mol. The third-order valence-electron chi connectivity index (χ3n) is 3.24. The molecule has 2 N–H and O–H groups in total. The molecule has 18 heavy (non-hydrogen) atoms. The van der Waals surface area contributed by atoms with E-state index in [0.29, 0.717) is 17.5 Å². The summed E-state index contributed by atoms with van der Waals surface area (Å²) in [6.45, 7) is 4.35. The maximum Gasteiger partial charge on any atom is 0.169 e.